The highest BCUT2D eigenvalue weighted by Gasteiger charge is 2.17. The van der Waals surface area contributed by atoms with Crippen molar-refractivity contribution in [3.63, 3.8) is 0 Å². The van der Waals surface area contributed by atoms with Crippen molar-refractivity contribution in [2.45, 2.75) is 0 Å². The molecule has 8 aromatic carbocycles. The maximum absolute atomic E-state index is 2.35. The van der Waals surface area contributed by atoms with Crippen LogP contribution in [-0.4, -0.2) is 0 Å². The van der Waals surface area contributed by atoms with Crippen molar-refractivity contribution < 1.29 is 0 Å². The summed E-state index contributed by atoms with van der Waals surface area (Å²) in [5.74, 6) is 0. The minimum Gasteiger partial charge on any atom is -0.310 e. The summed E-state index contributed by atoms with van der Waals surface area (Å²) in [4.78, 5) is 2.35. The molecule has 0 aliphatic heterocycles. The van der Waals surface area contributed by atoms with Crippen molar-refractivity contribution in [2.75, 3.05) is 4.90 Å². The Kier molecular flexibility index (Phi) is 6.40. The first-order valence-electron chi connectivity index (χ1n) is 15.7. The zero-order valence-corrected chi connectivity index (χ0v) is 25.9. The molecule has 0 aliphatic carbocycles. The molecule has 9 rings (SSSR count). The van der Waals surface area contributed by atoms with E-state index in [1.54, 1.807) is 0 Å². The van der Waals surface area contributed by atoms with Crippen LogP contribution in [0.3, 0.4) is 0 Å². The summed E-state index contributed by atoms with van der Waals surface area (Å²) >= 11 is 1.92. The van der Waals surface area contributed by atoms with E-state index in [-0.39, 0.29) is 0 Å². The highest BCUT2D eigenvalue weighted by Crippen LogP contribution is 2.45. The Labute approximate surface area is 272 Å². The molecule has 0 radical (unpaired) electrons. The third-order valence-corrected chi connectivity index (χ3v) is 10.3. The highest BCUT2D eigenvalue weighted by atomic mass is 32.1. The minimum absolute atomic E-state index is 1.13. The highest BCUT2D eigenvalue weighted by molar-refractivity contribution is 7.27. The van der Waals surface area contributed by atoms with Gasteiger partial charge in [0, 0.05) is 42.6 Å². The molecule has 0 aliphatic rings. The van der Waals surface area contributed by atoms with Gasteiger partial charge in [-0.3, -0.25) is 0 Å². The van der Waals surface area contributed by atoms with Gasteiger partial charge in [-0.05, 0) is 74.8 Å². The van der Waals surface area contributed by atoms with E-state index < -0.39 is 0 Å². The van der Waals surface area contributed by atoms with Gasteiger partial charge in [0.1, 0.15) is 0 Å². The van der Waals surface area contributed by atoms with Gasteiger partial charge in [-0.1, -0.05) is 140 Å². The predicted molar refractivity (Wildman–Crippen MR) is 200 cm³/mol. The lowest BCUT2D eigenvalue weighted by atomic mass is 9.98. The van der Waals surface area contributed by atoms with Crippen molar-refractivity contribution in [3.8, 4) is 22.3 Å². The number of rotatable bonds is 5. The maximum atomic E-state index is 2.35. The van der Waals surface area contributed by atoms with Gasteiger partial charge in [0.15, 0.2) is 0 Å². The second-order valence-corrected chi connectivity index (χ2v) is 12.8. The Bertz CT molecular complexity index is 2510. The standard InChI is InChI=1S/C44H29NS/c1-3-11-30(12-4-1)31-23-26-36(27-24-31)45(35-15-5-2-6-16-35)37-17-9-14-34(29-37)39-19-10-20-40-41-28-25-33-22-21-32-13-7-8-18-38(32)42(33)44(41)46-43(39)40/h1-29H. The van der Waals surface area contributed by atoms with Gasteiger partial charge < -0.3 is 4.90 Å². The summed E-state index contributed by atoms with van der Waals surface area (Å²) in [5, 5.41) is 7.88. The third kappa shape index (κ3) is 4.46. The van der Waals surface area contributed by atoms with E-state index in [1.807, 2.05) is 11.3 Å². The Morgan fingerprint density at radius 1 is 0.348 bits per heavy atom. The Morgan fingerprint density at radius 3 is 1.78 bits per heavy atom. The van der Waals surface area contributed by atoms with Gasteiger partial charge in [-0.25, -0.2) is 0 Å². The lowest BCUT2D eigenvalue weighted by Crippen LogP contribution is -2.09. The number of thiophene rings is 1. The second-order valence-electron chi connectivity index (χ2n) is 11.7. The molecule has 0 atom stereocenters. The zero-order valence-electron chi connectivity index (χ0n) is 25.1. The van der Waals surface area contributed by atoms with Crippen molar-refractivity contribution >= 4 is 70.1 Å². The molecule has 216 valence electrons. The van der Waals surface area contributed by atoms with Crippen LogP contribution in [0.15, 0.2) is 176 Å². The van der Waals surface area contributed by atoms with E-state index in [9.17, 15) is 0 Å². The van der Waals surface area contributed by atoms with Crippen LogP contribution < -0.4 is 4.90 Å². The molecule has 0 bridgehead atoms. The Morgan fingerprint density at radius 2 is 0.935 bits per heavy atom. The van der Waals surface area contributed by atoms with E-state index in [1.165, 1.54) is 64.0 Å². The number of anilines is 3. The zero-order chi connectivity index (χ0) is 30.5. The molecular weight excluding hydrogens is 575 g/mol. The van der Waals surface area contributed by atoms with Crippen LogP contribution in [0.1, 0.15) is 0 Å². The number of para-hydroxylation sites is 1. The normalized spacial score (nSPS) is 11.5. The van der Waals surface area contributed by atoms with Crippen molar-refractivity contribution in [1.82, 2.24) is 0 Å². The average molecular weight is 604 g/mol. The van der Waals surface area contributed by atoms with Crippen LogP contribution in [0.5, 0.6) is 0 Å². The van der Waals surface area contributed by atoms with Crippen molar-refractivity contribution in [3.05, 3.63) is 176 Å². The van der Waals surface area contributed by atoms with E-state index in [4.69, 9.17) is 0 Å². The molecule has 0 saturated carbocycles. The third-order valence-electron chi connectivity index (χ3n) is 9.03. The molecule has 0 N–H and O–H groups in total. The van der Waals surface area contributed by atoms with Crippen LogP contribution in [0.2, 0.25) is 0 Å². The summed E-state index contributed by atoms with van der Waals surface area (Å²) in [6.45, 7) is 0. The number of fused-ring (bicyclic) bond motifs is 7. The molecule has 0 spiro atoms. The van der Waals surface area contributed by atoms with Gasteiger partial charge >= 0.3 is 0 Å². The molecule has 0 saturated heterocycles. The largest absolute Gasteiger partial charge is 0.310 e. The molecule has 0 amide bonds. The number of hydrogen-bond acceptors (Lipinski definition) is 2. The van der Waals surface area contributed by atoms with Crippen LogP contribution in [0.4, 0.5) is 17.1 Å². The molecule has 0 fully saturated rings. The lowest BCUT2D eigenvalue weighted by Gasteiger charge is -2.26. The van der Waals surface area contributed by atoms with Crippen LogP contribution in [0.25, 0.3) is 64.0 Å². The monoisotopic (exact) mass is 603 g/mol. The Balaban J connectivity index is 1.20. The fraction of sp³-hybridized carbons (Fsp3) is 0. The molecule has 2 heteroatoms. The smallest absolute Gasteiger partial charge is 0.0467 e. The summed E-state index contributed by atoms with van der Waals surface area (Å²) in [6.07, 6.45) is 0. The van der Waals surface area contributed by atoms with E-state index in [0.29, 0.717) is 0 Å². The quantitative estimate of drug-likeness (QED) is 0.177. The van der Waals surface area contributed by atoms with Crippen LogP contribution in [-0.2, 0) is 0 Å². The van der Waals surface area contributed by atoms with Gasteiger partial charge in [0.25, 0.3) is 0 Å². The summed E-state index contributed by atoms with van der Waals surface area (Å²) in [6, 6.07) is 63.7. The van der Waals surface area contributed by atoms with Gasteiger partial charge in [-0.15, -0.1) is 11.3 Å². The molecular formula is C44H29NS. The molecule has 0 unspecified atom stereocenters. The Hall–Kier alpha value is -5.70. The molecule has 9 aromatic rings. The van der Waals surface area contributed by atoms with Gasteiger partial charge in [0.2, 0.25) is 0 Å². The number of nitrogens with zero attached hydrogens (tertiary/aromatic N) is 1. The number of hydrogen-bond donors (Lipinski definition) is 0. The summed E-state index contributed by atoms with van der Waals surface area (Å²) < 4.78 is 2.69. The fourth-order valence-corrected chi connectivity index (χ4v) is 8.25. The number of benzene rings is 8. The van der Waals surface area contributed by atoms with Crippen molar-refractivity contribution in [1.29, 1.82) is 0 Å². The average Bonchev–Trinajstić information content (AvgIpc) is 3.52. The van der Waals surface area contributed by atoms with E-state index in [2.05, 4.69) is 181 Å². The molecule has 1 nitrogen and oxygen atoms in total. The first kappa shape index (κ1) is 26.7. The summed E-state index contributed by atoms with van der Waals surface area (Å²) in [7, 11) is 0. The lowest BCUT2D eigenvalue weighted by molar-refractivity contribution is 1.28. The fourth-order valence-electron chi connectivity index (χ4n) is 6.84. The molecule has 46 heavy (non-hydrogen) atoms. The second kappa shape index (κ2) is 11.0. The SMILES string of the molecule is c1ccc(-c2ccc(N(c3ccccc3)c3cccc(-c4cccc5c4sc4c5ccc5ccc6ccccc6c54)c3)cc2)cc1. The molecule has 1 aromatic heterocycles. The van der Waals surface area contributed by atoms with Gasteiger partial charge in [-0.2, -0.15) is 0 Å². The first-order chi connectivity index (χ1) is 22.8. The van der Waals surface area contributed by atoms with Crippen LogP contribution in [0, 0.1) is 0 Å². The minimum atomic E-state index is 1.13. The predicted octanol–water partition coefficient (Wildman–Crippen LogP) is 13.2. The van der Waals surface area contributed by atoms with Crippen LogP contribution >= 0.6 is 11.3 Å². The summed E-state index contributed by atoms with van der Waals surface area (Å²) in [5.41, 5.74) is 8.30. The van der Waals surface area contributed by atoms with Gasteiger partial charge in [0.05, 0.1) is 0 Å². The van der Waals surface area contributed by atoms with Crippen molar-refractivity contribution in [2.24, 2.45) is 0 Å². The van der Waals surface area contributed by atoms with E-state index in [0.717, 1.165) is 17.1 Å². The molecule has 1 heterocycles. The topological polar surface area (TPSA) is 3.24 Å². The first-order valence-corrected chi connectivity index (χ1v) is 16.5. The van der Waals surface area contributed by atoms with E-state index >= 15 is 0 Å². The maximum Gasteiger partial charge on any atom is 0.0467 e.